The van der Waals surface area contributed by atoms with Gasteiger partial charge in [0.1, 0.15) is 0 Å². The van der Waals surface area contributed by atoms with Crippen molar-refractivity contribution < 1.29 is 4.48 Å². The molecular weight excluding hydrogens is 446 g/mol. The van der Waals surface area contributed by atoms with Crippen LogP contribution in [0.2, 0.25) is 0 Å². The van der Waals surface area contributed by atoms with Gasteiger partial charge in [0.15, 0.2) is 0 Å². The predicted octanol–water partition coefficient (Wildman–Crippen LogP) is 8.29. The first-order valence-electron chi connectivity index (χ1n) is 14.4. The van der Waals surface area contributed by atoms with Gasteiger partial charge in [0.2, 0.25) is 0 Å². The fourth-order valence-corrected chi connectivity index (χ4v) is 7.50. The molecule has 2 fully saturated rings. The molecule has 37 heavy (non-hydrogen) atoms. The van der Waals surface area contributed by atoms with Crippen LogP contribution in [0.1, 0.15) is 59.8 Å². The molecule has 0 atom stereocenters. The van der Waals surface area contributed by atoms with Gasteiger partial charge in [-0.1, -0.05) is 121 Å². The van der Waals surface area contributed by atoms with Gasteiger partial charge in [0.25, 0.3) is 0 Å². The summed E-state index contributed by atoms with van der Waals surface area (Å²) in [7, 11) is 0. The summed E-state index contributed by atoms with van der Waals surface area (Å²) in [5.41, 5.74) is 5.94. The van der Waals surface area contributed by atoms with Crippen molar-refractivity contribution in [2.75, 3.05) is 26.2 Å². The van der Waals surface area contributed by atoms with Gasteiger partial charge in [-0.15, -0.1) is 0 Å². The summed E-state index contributed by atoms with van der Waals surface area (Å²) >= 11 is 0. The zero-order valence-corrected chi connectivity index (χ0v) is 22.0. The summed E-state index contributed by atoms with van der Waals surface area (Å²) in [5, 5.41) is 0. The molecule has 0 saturated carbocycles. The molecule has 1 heteroatoms. The number of nitrogens with zero attached hydrogens (tertiary/aromatic N) is 1. The Labute approximate surface area is 223 Å². The Morgan fingerprint density at radius 1 is 0.378 bits per heavy atom. The molecule has 4 aromatic carbocycles. The zero-order valence-electron chi connectivity index (χ0n) is 22.0. The normalized spacial score (nSPS) is 23.9. The van der Waals surface area contributed by atoms with Crippen LogP contribution in [0.4, 0.5) is 0 Å². The van der Waals surface area contributed by atoms with Crippen molar-refractivity contribution >= 4 is 0 Å². The van der Waals surface area contributed by atoms with Crippen LogP contribution in [0.5, 0.6) is 0 Å². The summed E-state index contributed by atoms with van der Waals surface area (Å²) in [5.74, 6) is 2.49. The molecule has 0 aromatic heterocycles. The molecule has 188 valence electrons. The van der Waals surface area contributed by atoms with Crippen LogP contribution in [0.25, 0.3) is 0 Å². The molecular formula is C36H40N+. The van der Waals surface area contributed by atoms with E-state index in [1.807, 2.05) is 0 Å². The first kappa shape index (κ1) is 24.2. The maximum atomic E-state index is 2.34. The lowest BCUT2D eigenvalue weighted by atomic mass is 9.73. The summed E-state index contributed by atoms with van der Waals surface area (Å²) in [6.45, 7) is 5.37. The highest BCUT2D eigenvalue weighted by Crippen LogP contribution is 2.43. The Hall–Kier alpha value is -3.16. The third-order valence-electron chi connectivity index (χ3n) is 9.47. The highest BCUT2D eigenvalue weighted by molar-refractivity contribution is 5.34. The Balaban J connectivity index is 1.16. The number of hydrogen-bond donors (Lipinski definition) is 0. The van der Waals surface area contributed by atoms with Gasteiger partial charge in [-0.2, -0.15) is 0 Å². The number of hydrogen-bond acceptors (Lipinski definition) is 0. The van der Waals surface area contributed by atoms with Gasteiger partial charge in [-0.3, -0.25) is 0 Å². The number of piperidine rings is 2. The Morgan fingerprint density at radius 3 is 0.865 bits per heavy atom. The molecule has 0 bridgehead atoms. The van der Waals surface area contributed by atoms with E-state index in [0.717, 1.165) is 11.8 Å². The Morgan fingerprint density at radius 2 is 0.622 bits per heavy atom. The van der Waals surface area contributed by atoms with E-state index in [4.69, 9.17) is 0 Å². The molecule has 0 unspecified atom stereocenters. The van der Waals surface area contributed by atoms with Crippen LogP contribution in [0, 0.1) is 11.8 Å². The first-order valence-corrected chi connectivity index (χ1v) is 14.4. The van der Waals surface area contributed by atoms with E-state index in [9.17, 15) is 0 Å². The predicted molar refractivity (Wildman–Crippen MR) is 155 cm³/mol. The molecule has 0 N–H and O–H groups in total. The van der Waals surface area contributed by atoms with Gasteiger partial charge in [-0.05, 0) is 34.1 Å². The van der Waals surface area contributed by atoms with Gasteiger partial charge in [0.05, 0.1) is 26.2 Å². The highest BCUT2D eigenvalue weighted by Gasteiger charge is 2.42. The SMILES string of the molecule is c1ccc(C(c2ccccc2)C2CC[N+]3(CC2)CCC(C(c2ccccc2)c2ccccc2)CC3)cc1. The molecule has 0 radical (unpaired) electrons. The lowest BCUT2D eigenvalue weighted by Gasteiger charge is -2.49. The number of benzene rings is 4. The smallest absolute Gasteiger partial charge is 0.0789 e. The van der Waals surface area contributed by atoms with Crippen molar-refractivity contribution in [3.8, 4) is 0 Å². The van der Waals surface area contributed by atoms with Crippen LogP contribution in [0.15, 0.2) is 121 Å². The second kappa shape index (κ2) is 11.1. The van der Waals surface area contributed by atoms with Crippen molar-refractivity contribution in [1.29, 1.82) is 0 Å². The first-order chi connectivity index (χ1) is 18.3. The molecule has 0 aliphatic carbocycles. The largest absolute Gasteiger partial charge is 0.324 e. The van der Waals surface area contributed by atoms with Crippen molar-refractivity contribution in [2.24, 2.45) is 11.8 Å². The number of quaternary nitrogens is 1. The maximum Gasteiger partial charge on any atom is 0.0789 e. The highest BCUT2D eigenvalue weighted by atomic mass is 15.4. The summed E-state index contributed by atoms with van der Waals surface area (Å²) in [6, 6.07) is 45.0. The molecule has 4 aromatic rings. The average molecular weight is 487 g/mol. The minimum absolute atomic E-state index is 0.515. The van der Waals surface area contributed by atoms with Crippen molar-refractivity contribution in [2.45, 2.75) is 37.5 Å². The van der Waals surface area contributed by atoms with E-state index in [1.54, 1.807) is 0 Å². The van der Waals surface area contributed by atoms with E-state index in [-0.39, 0.29) is 0 Å². The van der Waals surface area contributed by atoms with Crippen LogP contribution < -0.4 is 0 Å². The van der Waals surface area contributed by atoms with E-state index in [2.05, 4.69) is 121 Å². The van der Waals surface area contributed by atoms with E-state index >= 15 is 0 Å². The van der Waals surface area contributed by atoms with Crippen molar-refractivity contribution in [3.05, 3.63) is 144 Å². The summed E-state index contributed by atoms with van der Waals surface area (Å²) in [6.07, 6.45) is 5.33. The van der Waals surface area contributed by atoms with E-state index in [1.165, 1.54) is 78.6 Å². The molecule has 0 amide bonds. The topological polar surface area (TPSA) is 0 Å². The fourth-order valence-electron chi connectivity index (χ4n) is 7.50. The van der Waals surface area contributed by atoms with E-state index < -0.39 is 0 Å². The second-order valence-corrected chi connectivity index (χ2v) is 11.5. The maximum absolute atomic E-state index is 2.34. The van der Waals surface area contributed by atoms with Crippen molar-refractivity contribution in [3.63, 3.8) is 0 Å². The Kier molecular flexibility index (Phi) is 7.24. The molecule has 1 nitrogen and oxygen atoms in total. The lowest BCUT2D eigenvalue weighted by Crippen LogP contribution is -2.57. The molecule has 2 saturated heterocycles. The summed E-state index contributed by atoms with van der Waals surface area (Å²) in [4.78, 5) is 0. The zero-order chi connectivity index (χ0) is 24.9. The molecule has 1 spiro atoms. The quantitative estimate of drug-likeness (QED) is 0.241. The van der Waals surface area contributed by atoms with Gasteiger partial charge in [-0.25, -0.2) is 0 Å². The molecule has 2 aliphatic heterocycles. The molecule has 2 heterocycles. The van der Waals surface area contributed by atoms with Crippen LogP contribution in [-0.4, -0.2) is 30.7 Å². The minimum atomic E-state index is 0.515. The summed E-state index contributed by atoms with van der Waals surface area (Å²) < 4.78 is 1.35. The monoisotopic (exact) mass is 486 g/mol. The second-order valence-electron chi connectivity index (χ2n) is 11.5. The average Bonchev–Trinajstić information content (AvgIpc) is 2.98. The standard InChI is InChI=1S/C36H40N/c1-5-13-29(14-6-1)35(30-15-7-2-8-16-30)33-21-25-37(26-22-33)27-23-34(24-28-37)36(31-17-9-3-10-18-31)32-19-11-4-12-20-32/h1-20,33-36H,21-28H2/q+1. The third kappa shape index (κ3) is 5.29. The van der Waals surface area contributed by atoms with Gasteiger partial charge < -0.3 is 4.48 Å². The fraction of sp³-hybridized carbons (Fsp3) is 0.333. The minimum Gasteiger partial charge on any atom is -0.324 e. The van der Waals surface area contributed by atoms with Crippen LogP contribution >= 0.6 is 0 Å². The van der Waals surface area contributed by atoms with Gasteiger partial charge in [0, 0.05) is 37.5 Å². The number of rotatable bonds is 6. The van der Waals surface area contributed by atoms with Crippen LogP contribution in [-0.2, 0) is 0 Å². The Bertz CT molecular complexity index is 1040. The third-order valence-corrected chi connectivity index (χ3v) is 9.47. The lowest BCUT2D eigenvalue weighted by molar-refractivity contribution is -0.939. The van der Waals surface area contributed by atoms with Gasteiger partial charge >= 0.3 is 0 Å². The molecule has 6 rings (SSSR count). The van der Waals surface area contributed by atoms with Crippen LogP contribution in [0.3, 0.4) is 0 Å². The van der Waals surface area contributed by atoms with Crippen molar-refractivity contribution in [1.82, 2.24) is 0 Å². The molecule has 2 aliphatic rings. The van der Waals surface area contributed by atoms with E-state index in [0.29, 0.717) is 11.8 Å².